The summed E-state index contributed by atoms with van der Waals surface area (Å²) in [5.41, 5.74) is 0.981. The van der Waals surface area contributed by atoms with E-state index in [0.29, 0.717) is 23.8 Å². The van der Waals surface area contributed by atoms with E-state index in [-0.39, 0.29) is 0 Å². The average Bonchev–Trinajstić information content (AvgIpc) is 2.71. The van der Waals surface area contributed by atoms with Gasteiger partial charge in [-0.05, 0) is 24.6 Å². The molecule has 0 unspecified atom stereocenters. The van der Waals surface area contributed by atoms with Crippen LogP contribution >= 0.6 is 0 Å². The molecule has 8 nitrogen and oxygen atoms in total. The van der Waals surface area contributed by atoms with Gasteiger partial charge >= 0.3 is 0 Å². The Balaban J connectivity index is 1.98. The molecule has 0 amide bonds. The minimum Gasteiger partial charge on any atom is -0.493 e. The van der Waals surface area contributed by atoms with Gasteiger partial charge in [0.1, 0.15) is 0 Å². The summed E-state index contributed by atoms with van der Waals surface area (Å²) in [6, 6.07) is 3.84. The molecule has 1 saturated heterocycles. The predicted octanol–water partition coefficient (Wildman–Crippen LogP) is 1.10. The fourth-order valence-corrected chi connectivity index (χ4v) is 2.90. The molecule has 1 aliphatic heterocycles. The molecule has 2 N–H and O–H groups in total. The van der Waals surface area contributed by atoms with Crippen LogP contribution in [0.25, 0.3) is 0 Å². The van der Waals surface area contributed by atoms with Crippen LogP contribution in [0.4, 0.5) is 0 Å². The van der Waals surface area contributed by atoms with Crippen molar-refractivity contribution < 1.29 is 18.9 Å². The molecule has 1 aromatic carbocycles. The molecule has 2 rings (SSSR count). The second-order valence-corrected chi connectivity index (χ2v) is 6.11. The van der Waals surface area contributed by atoms with E-state index in [2.05, 4.69) is 27.4 Å². The van der Waals surface area contributed by atoms with Gasteiger partial charge in [-0.3, -0.25) is 4.90 Å². The van der Waals surface area contributed by atoms with Gasteiger partial charge in [0.15, 0.2) is 17.5 Å². The fraction of sp³-hybridized carbons (Fsp3) is 0.632. The number of rotatable bonds is 9. The Kier molecular flexibility index (Phi) is 9.00. The lowest BCUT2D eigenvalue weighted by Gasteiger charge is -2.26. The van der Waals surface area contributed by atoms with Gasteiger partial charge in [0.05, 0.1) is 41.1 Å². The summed E-state index contributed by atoms with van der Waals surface area (Å²) >= 11 is 0. The summed E-state index contributed by atoms with van der Waals surface area (Å²) in [4.78, 5) is 7.06. The van der Waals surface area contributed by atoms with Crippen molar-refractivity contribution in [2.45, 2.75) is 13.5 Å². The molecule has 0 radical (unpaired) electrons. The van der Waals surface area contributed by atoms with Crippen LogP contribution in [-0.4, -0.2) is 78.1 Å². The zero-order valence-corrected chi connectivity index (χ0v) is 16.8. The van der Waals surface area contributed by atoms with Crippen LogP contribution < -0.4 is 24.8 Å². The highest BCUT2D eigenvalue weighted by atomic mass is 16.5. The number of nitrogens with one attached hydrogen (secondary N) is 2. The smallest absolute Gasteiger partial charge is 0.203 e. The second kappa shape index (κ2) is 11.5. The SMILES string of the molecule is CCNC(=NCc1cc(OC)c(OC)c(OC)c1)NCCN1CCOCC1. The minimum atomic E-state index is 0.504. The molecule has 0 aliphatic carbocycles. The lowest BCUT2D eigenvalue weighted by Crippen LogP contribution is -2.44. The third-order valence-electron chi connectivity index (χ3n) is 4.31. The van der Waals surface area contributed by atoms with Gasteiger partial charge in [0, 0.05) is 32.7 Å². The van der Waals surface area contributed by atoms with E-state index in [1.807, 2.05) is 12.1 Å². The Morgan fingerprint density at radius 1 is 1.07 bits per heavy atom. The van der Waals surface area contributed by atoms with Crippen molar-refractivity contribution in [2.75, 3.05) is 67.3 Å². The van der Waals surface area contributed by atoms with E-state index in [1.54, 1.807) is 21.3 Å². The number of guanidine groups is 1. The first-order valence-corrected chi connectivity index (χ1v) is 9.33. The number of aliphatic imine (C=N–C) groups is 1. The summed E-state index contributed by atoms with van der Waals surface area (Å²) in [5, 5.41) is 6.67. The van der Waals surface area contributed by atoms with Crippen molar-refractivity contribution in [3.05, 3.63) is 17.7 Å². The highest BCUT2D eigenvalue weighted by Gasteiger charge is 2.13. The van der Waals surface area contributed by atoms with Crippen LogP contribution in [0.1, 0.15) is 12.5 Å². The molecule has 1 aliphatic rings. The maximum absolute atomic E-state index is 5.41. The van der Waals surface area contributed by atoms with Crippen molar-refractivity contribution >= 4 is 5.96 Å². The Morgan fingerprint density at radius 3 is 2.30 bits per heavy atom. The lowest BCUT2D eigenvalue weighted by atomic mass is 10.2. The standard InChI is InChI=1S/C19H32N4O4/c1-5-20-19(21-6-7-23-8-10-27-11-9-23)22-14-15-12-16(24-2)18(26-4)17(13-15)25-3/h12-13H,5-11,14H2,1-4H3,(H2,20,21,22). The second-order valence-electron chi connectivity index (χ2n) is 6.11. The highest BCUT2D eigenvalue weighted by molar-refractivity contribution is 5.79. The van der Waals surface area contributed by atoms with Gasteiger partial charge < -0.3 is 29.6 Å². The topological polar surface area (TPSA) is 76.6 Å². The van der Waals surface area contributed by atoms with Gasteiger partial charge in [-0.25, -0.2) is 4.99 Å². The Hall–Kier alpha value is -2.19. The third kappa shape index (κ3) is 6.48. The monoisotopic (exact) mass is 380 g/mol. The highest BCUT2D eigenvalue weighted by Crippen LogP contribution is 2.38. The van der Waals surface area contributed by atoms with E-state index in [1.165, 1.54) is 0 Å². The van der Waals surface area contributed by atoms with Crippen LogP contribution in [0.5, 0.6) is 17.2 Å². The minimum absolute atomic E-state index is 0.504. The molecule has 0 atom stereocenters. The summed E-state index contributed by atoms with van der Waals surface area (Å²) < 4.78 is 21.6. The van der Waals surface area contributed by atoms with E-state index in [0.717, 1.165) is 57.5 Å². The molecule has 0 bridgehead atoms. The number of nitrogens with zero attached hydrogens (tertiary/aromatic N) is 2. The molecule has 1 aromatic rings. The van der Waals surface area contributed by atoms with E-state index in [4.69, 9.17) is 18.9 Å². The van der Waals surface area contributed by atoms with E-state index in [9.17, 15) is 0 Å². The van der Waals surface area contributed by atoms with Crippen LogP contribution in [0.2, 0.25) is 0 Å². The lowest BCUT2D eigenvalue weighted by molar-refractivity contribution is 0.0389. The third-order valence-corrected chi connectivity index (χ3v) is 4.31. The van der Waals surface area contributed by atoms with Crippen molar-refractivity contribution in [3.8, 4) is 17.2 Å². The first-order valence-electron chi connectivity index (χ1n) is 9.33. The quantitative estimate of drug-likeness (QED) is 0.491. The van der Waals surface area contributed by atoms with Crippen LogP contribution in [0, 0.1) is 0 Å². The molecular weight excluding hydrogens is 348 g/mol. The molecule has 8 heteroatoms. The summed E-state index contributed by atoms with van der Waals surface area (Å²) in [7, 11) is 4.82. The molecule has 27 heavy (non-hydrogen) atoms. The van der Waals surface area contributed by atoms with Crippen molar-refractivity contribution in [1.82, 2.24) is 15.5 Å². The maximum Gasteiger partial charge on any atom is 0.203 e. The van der Waals surface area contributed by atoms with Crippen LogP contribution in [0.3, 0.4) is 0 Å². The number of methoxy groups -OCH3 is 3. The van der Waals surface area contributed by atoms with E-state index >= 15 is 0 Å². The molecule has 0 saturated carbocycles. The van der Waals surface area contributed by atoms with Crippen molar-refractivity contribution in [2.24, 2.45) is 4.99 Å². The average molecular weight is 380 g/mol. The molecule has 0 spiro atoms. The molecule has 0 aromatic heterocycles. The Morgan fingerprint density at radius 2 is 1.74 bits per heavy atom. The number of ether oxygens (including phenoxy) is 4. The van der Waals surface area contributed by atoms with Crippen LogP contribution in [0.15, 0.2) is 17.1 Å². The van der Waals surface area contributed by atoms with Gasteiger partial charge in [0.2, 0.25) is 5.75 Å². The molecular formula is C19H32N4O4. The predicted molar refractivity (Wildman–Crippen MR) is 106 cm³/mol. The number of hydrogen-bond donors (Lipinski definition) is 2. The van der Waals surface area contributed by atoms with Crippen molar-refractivity contribution in [3.63, 3.8) is 0 Å². The maximum atomic E-state index is 5.41. The first-order chi connectivity index (χ1) is 13.2. The Labute approximate surface area is 161 Å². The Bertz CT molecular complexity index is 578. The van der Waals surface area contributed by atoms with Gasteiger partial charge in [0.25, 0.3) is 0 Å². The van der Waals surface area contributed by atoms with Gasteiger partial charge in [-0.15, -0.1) is 0 Å². The zero-order chi connectivity index (χ0) is 19.5. The van der Waals surface area contributed by atoms with Gasteiger partial charge in [-0.2, -0.15) is 0 Å². The summed E-state index contributed by atoms with van der Waals surface area (Å²) in [5.74, 6) is 2.64. The number of hydrogen-bond acceptors (Lipinski definition) is 6. The zero-order valence-electron chi connectivity index (χ0n) is 16.8. The first kappa shape index (κ1) is 21.1. The normalized spacial score (nSPS) is 15.3. The van der Waals surface area contributed by atoms with E-state index < -0.39 is 0 Å². The molecule has 1 heterocycles. The van der Waals surface area contributed by atoms with Crippen LogP contribution in [-0.2, 0) is 11.3 Å². The van der Waals surface area contributed by atoms with Gasteiger partial charge in [-0.1, -0.05) is 0 Å². The molecule has 152 valence electrons. The van der Waals surface area contributed by atoms with Crippen molar-refractivity contribution in [1.29, 1.82) is 0 Å². The summed E-state index contributed by atoms with van der Waals surface area (Å²) in [6.45, 7) is 8.77. The largest absolute Gasteiger partial charge is 0.493 e. The fourth-order valence-electron chi connectivity index (χ4n) is 2.90. The number of morpholine rings is 1. The summed E-state index contributed by atoms with van der Waals surface area (Å²) in [6.07, 6.45) is 0. The number of benzene rings is 1. The molecule has 1 fully saturated rings.